The van der Waals surface area contributed by atoms with Crippen molar-refractivity contribution in [2.45, 2.75) is 46.5 Å². The maximum Gasteiger partial charge on any atom is 0.251 e. The van der Waals surface area contributed by atoms with Gasteiger partial charge in [-0.1, -0.05) is 26.8 Å². The van der Waals surface area contributed by atoms with E-state index in [1.807, 2.05) is 6.07 Å². The van der Waals surface area contributed by atoms with E-state index in [2.05, 4.69) is 26.1 Å². The zero-order valence-corrected chi connectivity index (χ0v) is 12.6. The van der Waals surface area contributed by atoms with Crippen LogP contribution in [0.15, 0.2) is 18.2 Å². The zero-order valence-electron chi connectivity index (χ0n) is 12.6. The van der Waals surface area contributed by atoms with Gasteiger partial charge in [-0.15, -0.1) is 0 Å². The topological polar surface area (TPSA) is 46.2 Å². The first-order valence-corrected chi connectivity index (χ1v) is 7.31. The highest BCUT2D eigenvalue weighted by Gasteiger charge is 2.18. The molecule has 0 saturated heterocycles. The summed E-state index contributed by atoms with van der Waals surface area (Å²) in [4.78, 5) is 23.9. The number of carbonyl (C=O) groups is 2. The monoisotopic (exact) mass is 273 g/mol. The summed E-state index contributed by atoms with van der Waals surface area (Å²) in [6.07, 6.45) is 3.36. The number of aryl methyl sites for hydroxylation is 1. The summed E-state index contributed by atoms with van der Waals surface area (Å²) in [6, 6.07) is 5.43. The van der Waals surface area contributed by atoms with E-state index >= 15 is 0 Å². The molecule has 1 aromatic rings. The molecule has 1 aliphatic carbocycles. The third kappa shape index (κ3) is 3.69. The lowest BCUT2D eigenvalue weighted by molar-refractivity contribution is 0.0943. The van der Waals surface area contributed by atoms with E-state index in [4.69, 9.17) is 0 Å². The highest BCUT2D eigenvalue weighted by molar-refractivity contribution is 6.00. The van der Waals surface area contributed by atoms with Crippen molar-refractivity contribution in [3.05, 3.63) is 34.9 Å². The molecule has 0 aromatic heterocycles. The van der Waals surface area contributed by atoms with Gasteiger partial charge in [0.15, 0.2) is 5.78 Å². The molecule has 2 rings (SSSR count). The number of benzene rings is 1. The van der Waals surface area contributed by atoms with Crippen LogP contribution in [-0.4, -0.2) is 18.2 Å². The van der Waals surface area contributed by atoms with Crippen LogP contribution in [0, 0.1) is 5.41 Å². The van der Waals surface area contributed by atoms with E-state index < -0.39 is 0 Å². The zero-order chi connectivity index (χ0) is 14.8. The summed E-state index contributed by atoms with van der Waals surface area (Å²) in [7, 11) is 0. The number of ketones is 1. The van der Waals surface area contributed by atoms with E-state index in [-0.39, 0.29) is 17.1 Å². The summed E-state index contributed by atoms with van der Waals surface area (Å²) in [5.74, 6) is 0.154. The van der Waals surface area contributed by atoms with Crippen LogP contribution in [0.1, 0.15) is 66.3 Å². The highest BCUT2D eigenvalue weighted by Crippen LogP contribution is 2.22. The first-order chi connectivity index (χ1) is 9.37. The van der Waals surface area contributed by atoms with Gasteiger partial charge in [0.2, 0.25) is 0 Å². The van der Waals surface area contributed by atoms with Crippen molar-refractivity contribution < 1.29 is 9.59 Å². The first-order valence-electron chi connectivity index (χ1n) is 7.31. The van der Waals surface area contributed by atoms with Crippen LogP contribution in [-0.2, 0) is 6.42 Å². The van der Waals surface area contributed by atoms with E-state index in [0.717, 1.165) is 30.4 Å². The van der Waals surface area contributed by atoms with Crippen molar-refractivity contribution in [3.63, 3.8) is 0 Å². The van der Waals surface area contributed by atoms with Gasteiger partial charge in [0.05, 0.1) is 0 Å². The lowest BCUT2D eigenvalue weighted by Crippen LogP contribution is -2.27. The number of Topliss-reactive ketones (excluding diaryl/α,β-unsaturated/α-hetero) is 1. The molecule has 1 amide bonds. The third-order valence-corrected chi connectivity index (χ3v) is 3.68. The van der Waals surface area contributed by atoms with Crippen molar-refractivity contribution in [3.8, 4) is 0 Å². The number of hydrogen-bond acceptors (Lipinski definition) is 2. The molecule has 0 unspecified atom stereocenters. The Bertz CT molecular complexity index is 526. The second-order valence-corrected chi connectivity index (χ2v) is 6.72. The Morgan fingerprint density at radius 2 is 2.00 bits per heavy atom. The van der Waals surface area contributed by atoms with Crippen LogP contribution >= 0.6 is 0 Å². The van der Waals surface area contributed by atoms with E-state index in [1.165, 1.54) is 0 Å². The molecule has 0 fully saturated rings. The smallest absolute Gasteiger partial charge is 0.251 e. The van der Waals surface area contributed by atoms with Gasteiger partial charge in [-0.05, 0) is 42.4 Å². The molecule has 0 aliphatic heterocycles. The molecule has 0 spiro atoms. The minimum absolute atomic E-state index is 0.0462. The van der Waals surface area contributed by atoms with Crippen molar-refractivity contribution in [2.75, 3.05) is 6.54 Å². The van der Waals surface area contributed by atoms with Crippen molar-refractivity contribution >= 4 is 11.7 Å². The number of nitrogens with one attached hydrogen (secondary N) is 1. The van der Waals surface area contributed by atoms with Gasteiger partial charge in [0.25, 0.3) is 5.91 Å². The molecule has 0 bridgehead atoms. The molecule has 1 N–H and O–H groups in total. The normalized spacial score (nSPS) is 14.8. The number of rotatable bonds is 3. The maximum absolute atomic E-state index is 12.1. The fraction of sp³-hybridized carbons (Fsp3) is 0.529. The van der Waals surface area contributed by atoms with Crippen LogP contribution < -0.4 is 5.32 Å². The van der Waals surface area contributed by atoms with Gasteiger partial charge >= 0.3 is 0 Å². The molecular formula is C17H23NO2. The van der Waals surface area contributed by atoms with E-state index in [0.29, 0.717) is 18.5 Å². The molecule has 3 nitrogen and oxygen atoms in total. The lowest BCUT2D eigenvalue weighted by Gasteiger charge is -2.18. The average molecular weight is 273 g/mol. The average Bonchev–Trinajstić information content (AvgIpc) is 2.37. The summed E-state index contributed by atoms with van der Waals surface area (Å²) in [6.45, 7) is 7.15. The minimum Gasteiger partial charge on any atom is -0.352 e. The van der Waals surface area contributed by atoms with Crippen LogP contribution in [0.4, 0.5) is 0 Å². The largest absolute Gasteiger partial charge is 0.352 e. The quantitative estimate of drug-likeness (QED) is 0.917. The number of carbonyl (C=O) groups excluding carboxylic acids is 2. The predicted octanol–water partition coefficient (Wildman–Crippen LogP) is 3.37. The van der Waals surface area contributed by atoms with Gasteiger partial charge in [-0.25, -0.2) is 0 Å². The summed E-state index contributed by atoms with van der Waals surface area (Å²) in [5, 5.41) is 2.95. The first kappa shape index (κ1) is 14.8. The summed E-state index contributed by atoms with van der Waals surface area (Å²) >= 11 is 0. The van der Waals surface area contributed by atoms with Crippen LogP contribution in [0.5, 0.6) is 0 Å². The van der Waals surface area contributed by atoms with Crippen LogP contribution in [0.2, 0.25) is 0 Å². The van der Waals surface area contributed by atoms with Crippen molar-refractivity contribution in [1.82, 2.24) is 5.32 Å². The Kier molecular flexibility index (Phi) is 4.26. The fourth-order valence-electron chi connectivity index (χ4n) is 2.44. The van der Waals surface area contributed by atoms with Crippen LogP contribution in [0.3, 0.4) is 0 Å². The molecule has 1 aromatic carbocycles. The second kappa shape index (κ2) is 5.78. The fourth-order valence-corrected chi connectivity index (χ4v) is 2.44. The SMILES string of the molecule is CC(C)(C)CCNC(=O)c1ccc2c(c1)CCCC2=O. The van der Waals surface area contributed by atoms with E-state index in [1.54, 1.807) is 12.1 Å². The molecule has 108 valence electrons. The molecule has 0 saturated carbocycles. The van der Waals surface area contributed by atoms with Gasteiger partial charge in [-0.3, -0.25) is 9.59 Å². The molecule has 0 radical (unpaired) electrons. The molecule has 1 aliphatic rings. The molecular weight excluding hydrogens is 250 g/mol. The Balaban J connectivity index is 2.02. The molecule has 0 heterocycles. The van der Waals surface area contributed by atoms with Gasteiger partial charge < -0.3 is 5.32 Å². The third-order valence-electron chi connectivity index (χ3n) is 3.68. The Morgan fingerprint density at radius 1 is 1.25 bits per heavy atom. The summed E-state index contributed by atoms with van der Waals surface area (Å²) < 4.78 is 0. The van der Waals surface area contributed by atoms with Crippen molar-refractivity contribution in [2.24, 2.45) is 5.41 Å². The summed E-state index contributed by atoms with van der Waals surface area (Å²) in [5.41, 5.74) is 2.69. The van der Waals surface area contributed by atoms with Crippen molar-refractivity contribution in [1.29, 1.82) is 0 Å². The molecule has 3 heteroatoms. The maximum atomic E-state index is 12.1. The minimum atomic E-state index is -0.0462. The van der Waals surface area contributed by atoms with E-state index in [9.17, 15) is 9.59 Å². The standard InChI is InChI=1S/C17H23NO2/c1-17(2,3)9-10-18-16(20)13-7-8-14-12(11-13)5-4-6-15(14)19/h7-8,11H,4-6,9-10H2,1-3H3,(H,18,20). The second-order valence-electron chi connectivity index (χ2n) is 6.72. The number of hydrogen-bond donors (Lipinski definition) is 1. The Labute approximate surface area is 120 Å². The van der Waals surface area contributed by atoms with Gasteiger partial charge in [0, 0.05) is 24.1 Å². The Morgan fingerprint density at radius 3 is 2.70 bits per heavy atom. The van der Waals surface area contributed by atoms with Gasteiger partial charge in [0.1, 0.15) is 0 Å². The number of amides is 1. The lowest BCUT2D eigenvalue weighted by atomic mass is 9.89. The molecule has 20 heavy (non-hydrogen) atoms. The highest BCUT2D eigenvalue weighted by atomic mass is 16.1. The Hall–Kier alpha value is -1.64. The van der Waals surface area contributed by atoms with Crippen LogP contribution in [0.25, 0.3) is 0 Å². The number of fused-ring (bicyclic) bond motifs is 1. The predicted molar refractivity (Wildman–Crippen MR) is 80.1 cm³/mol. The van der Waals surface area contributed by atoms with Gasteiger partial charge in [-0.2, -0.15) is 0 Å². The molecule has 0 atom stereocenters.